The van der Waals surface area contributed by atoms with E-state index in [4.69, 9.17) is 0 Å². The van der Waals surface area contributed by atoms with Gasteiger partial charge in [0.2, 0.25) is 0 Å². The van der Waals surface area contributed by atoms with E-state index in [1.54, 1.807) is 0 Å². The van der Waals surface area contributed by atoms with Gasteiger partial charge in [-0.2, -0.15) is 0 Å². The fourth-order valence-electron chi connectivity index (χ4n) is 21.8. The van der Waals surface area contributed by atoms with E-state index in [9.17, 15) is 0 Å². The van der Waals surface area contributed by atoms with Crippen LogP contribution in [0.25, 0.3) is 144 Å². The van der Waals surface area contributed by atoms with Gasteiger partial charge in [0.1, 0.15) is 0 Å². The van der Waals surface area contributed by atoms with E-state index in [2.05, 4.69) is 529 Å². The molecule has 0 amide bonds. The minimum atomic E-state index is -0.582. The second-order valence-electron chi connectivity index (χ2n) is 34.5. The van der Waals surface area contributed by atoms with Gasteiger partial charge in [0, 0.05) is 66.7 Å². The Hall–Kier alpha value is -16.9. The molecule has 2 heterocycles. The summed E-state index contributed by atoms with van der Waals surface area (Å²) in [4.78, 5) is 4.93. The Kier molecular flexibility index (Phi) is 18.0. The second kappa shape index (κ2) is 31.0. The Balaban J connectivity index is 0.535. The summed E-state index contributed by atoms with van der Waals surface area (Å²) < 4.78 is 4.81. The van der Waals surface area contributed by atoms with Crippen LogP contribution in [-0.4, -0.2) is 9.13 Å². The van der Waals surface area contributed by atoms with Crippen LogP contribution >= 0.6 is 0 Å². The zero-order valence-electron chi connectivity index (χ0n) is 71.3. The number of aromatic nitrogens is 2. The molecule has 130 heavy (non-hydrogen) atoms. The highest BCUT2D eigenvalue weighted by atomic mass is 15.2. The van der Waals surface area contributed by atoms with Crippen molar-refractivity contribution in [3.63, 3.8) is 0 Å². The van der Waals surface area contributed by atoms with Gasteiger partial charge in [0.15, 0.2) is 0 Å². The Morgan fingerprint density at radius 1 is 0.162 bits per heavy atom. The first-order chi connectivity index (χ1) is 64.5. The first-order valence-electron chi connectivity index (χ1n) is 45.0. The van der Waals surface area contributed by atoms with Crippen molar-refractivity contribution in [2.45, 2.75) is 10.8 Å². The number of hydrogen-bond donors (Lipinski definition) is 0. The molecule has 0 aliphatic heterocycles. The molecule has 0 atom stereocenters. The third-order valence-electron chi connectivity index (χ3n) is 27.7. The van der Waals surface area contributed by atoms with Gasteiger partial charge < -0.3 is 18.9 Å². The average molecular weight is 1650 g/mol. The number of benzene rings is 21. The van der Waals surface area contributed by atoms with Crippen molar-refractivity contribution in [1.82, 2.24) is 9.13 Å². The van der Waals surface area contributed by atoms with Crippen LogP contribution in [0.15, 0.2) is 510 Å². The number of nitrogens with zero attached hydrogens (tertiary/aromatic N) is 4. The molecule has 0 saturated carbocycles. The molecule has 608 valence electrons. The lowest BCUT2D eigenvalue weighted by molar-refractivity contribution is 0.768. The van der Waals surface area contributed by atoms with Crippen molar-refractivity contribution in [2.24, 2.45) is 0 Å². The van der Waals surface area contributed by atoms with E-state index in [0.717, 1.165) is 95.5 Å². The predicted molar refractivity (Wildman–Crippen MR) is 544 cm³/mol. The lowest BCUT2D eigenvalue weighted by atomic mass is 9.67. The highest BCUT2D eigenvalue weighted by molar-refractivity contribution is 6.12. The molecule has 2 aliphatic rings. The zero-order chi connectivity index (χ0) is 85.8. The summed E-state index contributed by atoms with van der Waals surface area (Å²) in [5.41, 5.74) is 38.9. The lowest BCUT2D eigenvalue weighted by Gasteiger charge is -2.35. The van der Waals surface area contributed by atoms with E-state index < -0.39 is 10.8 Å². The first kappa shape index (κ1) is 75.6. The van der Waals surface area contributed by atoms with Crippen LogP contribution in [0, 0.1) is 0 Å². The molecular weight excluding hydrogens is 1570 g/mol. The summed E-state index contributed by atoms with van der Waals surface area (Å²) in [6.45, 7) is 0. The van der Waals surface area contributed by atoms with Crippen LogP contribution in [0.1, 0.15) is 44.5 Å². The quantitative estimate of drug-likeness (QED) is 0.0903. The molecule has 21 aromatic carbocycles. The van der Waals surface area contributed by atoms with Gasteiger partial charge in [0.05, 0.1) is 38.6 Å². The van der Waals surface area contributed by atoms with Crippen molar-refractivity contribution < 1.29 is 0 Å². The van der Waals surface area contributed by atoms with Gasteiger partial charge in [-0.05, 0) is 255 Å². The van der Waals surface area contributed by atoms with Crippen LogP contribution in [0.2, 0.25) is 0 Å². The number of hydrogen-bond acceptors (Lipinski definition) is 2. The summed E-state index contributed by atoms with van der Waals surface area (Å²) in [5, 5.41) is 7.27. The third kappa shape index (κ3) is 12.2. The molecule has 0 N–H and O–H groups in total. The molecule has 4 heteroatoms. The van der Waals surface area contributed by atoms with Gasteiger partial charge >= 0.3 is 0 Å². The standard InChI is InChI=1S/C126H84N4/c1-6-33-96(34-7-1)125(97-35-8-2-9-36-97)116-50-22-18-46-108(116)110-75-73-105(83-118(110)125)127(103-43-26-31-92(79-103)87-55-59-89(60-56-87)94-67-77-123-114(81-94)112-48-20-24-52-121(112)129(123)100-41-14-5-15-42-100)101-69-63-85(64-70-101)86-65-71-102(72-66-86)130-122-53-25-21-49-113(122)115-82-95(68-78-124(115)130)90-61-57-88(58-62-90)93-32-27-44-104(80-93)128(120-54-28-30-91-29-16-17-45-107(91)120)106-74-76-111-109-47-19-23-51-117(109)126(119(111)84-106,98-37-10-3-11-38-98)99-39-12-4-13-40-99/h1-84H. The smallest absolute Gasteiger partial charge is 0.0714 e. The summed E-state index contributed by atoms with van der Waals surface area (Å²) in [5.74, 6) is 0. The van der Waals surface area contributed by atoms with E-state index in [-0.39, 0.29) is 0 Å². The Morgan fingerprint density at radius 3 is 0.938 bits per heavy atom. The molecule has 25 rings (SSSR count). The molecule has 0 radical (unpaired) electrons. The molecule has 2 aromatic heterocycles. The number of para-hydroxylation sites is 3. The maximum atomic E-state index is 2.48. The van der Waals surface area contributed by atoms with Crippen LogP contribution in [0.3, 0.4) is 0 Å². The molecule has 4 nitrogen and oxygen atoms in total. The van der Waals surface area contributed by atoms with Crippen LogP contribution in [0.4, 0.5) is 34.1 Å². The number of anilines is 6. The van der Waals surface area contributed by atoms with Gasteiger partial charge in [-0.3, -0.25) is 0 Å². The normalized spacial score (nSPS) is 12.7. The molecule has 0 fully saturated rings. The minimum Gasteiger partial charge on any atom is -0.310 e. The topological polar surface area (TPSA) is 16.3 Å². The van der Waals surface area contributed by atoms with Gasteiger partial charge in [-0.15, -0.1) is 0 Å². The zero-order valence-corrected chi connectivity index (χ0v) is 71.3. The lowest BCUT2D eigenvalue weighted by Crippen LogP contribution is -2.28. The molecule has 23 aromatic rings. The fraction of sp³-hybridized carbons (Fsp3) is 0.0159. The molecule has 0 unspecified atom stereocenters. The number of fused-ring (bicyclic) bond motifs is 13. The molecule has 0 spiro atoms. The van der Waals surface area contributed by atoms with E-state index in [0.29, 0.717) is 0 Å². The summed E-state index contributed by atoms with van der Waals surface area (Å²) in [6, 6.07) is 189. The minimum absolute atomic E-state index is 0.552. The molecule has 0 bridgehead atoms. The second-order valence-corrected chi connectivity index (χ2v) is 34.5. The third-order valence-corrected chi connectivity index (χ3v) is 27.7. The Morgan fingerprint density at radius 2 is 0.469 bits per heavy atom. The fourth-order valence-corrected chi connectivity index (χ4v) is 21.8. The van der Waals surface area contributed by atoms with E-state index >= 15 is 0 Å². The van der Waals surface area contributed by atoms with E-state index in [1.807, 2.05) is 0 Å². The van der Waals surface area contributed by atoms with Crippen LogP contribution < -0.4 is 9.80 Å². The van der Waals surface area contributed by atoms with E-state index in [1.165, 1.54) is 127 Å². The average Bonchev–Trinajstić information content (AvgIpc) is 1.53. The SMILES string of the molecule is c1ccc(-n2c3ccccc3c3cc(-c4ccc(-c5cccc(N(c6ccc(-c7ccc(-n8c9ccccc9c9cc(-c%10ccc(-c%11cccc(N(c%12ccc%13c(c%12)C(c%12ccccc%12)(c%12ccccc%12)c%12ccccc%12-%13)c%12cccc%13ccccc%12%13)c%11)cc%10)ccc98)cc7)cc6)c6ccc7c(c6)C(c6ccccc6)(c6ccccc6)c6ccccc6-7)c5)cc4)ccc32)cc1. The van der Waals surface area contributed by atoms with Gasteiger partial charge in [-0.25, -0.2) is 0 Å². The Bertz CT molecular complexity index is 8220. The van der Waals surface area contributed by atoms with Gasteiger partial charge in [-0.1, -0.05) is 382 Å². The molecule has 2 aliphatic carbocycles. The van der Waals surface area contributed by atoms with Crippen molar-refractivity contribution in [3.8, 4) is 89.3 Å². The van der Waals surface area contributed by atoms with Crippen molar-refractivity contribution >= 4 is 88.5 Å². The first-order valence-corrected chi connectivity index (χ1v) is 45.0. The summed E-state index contributed by atoms with van der Waals surface area (Å²) >= 11 is 0. The number of rotatable bonds is 17. The van der Waals surface area contributed by atoms with Crippen molar-refractivity contribution in [1.29, 1.82) is 0 Å². The largest absolute Gasteiger partial charge is 0.310 e. The van der Waals surface area contributed by atoms with Gasteiger partial charge in [0.25, 0.3) is 0 Å². The summed E-state index contributed by atoms with van der Waals surface area (Å²) in [6.07, 6.45) is 0. The monoisotopic (exact) mass is 1650 g/mol. The van der Waals surface area contributed by atoms with Crippen molar-refractivity contribution in [2.75, 3.05) is 9.80 Å². The molecular formula is C126H84N4. The Labute approximate surface area is 756 Å². The van der Waals surface area contributed by atoms with Crippen LogP contribution in [0.5, 0.6) is 0 Å². The maximum Gasteiger partial charge on any atom is 0.0714 e. The summed E-state index contributed by atoms with van der Waals surface area (Å²) in [7, 11) is 0. The predicted octanol–water partition coefficient (Wildman–Crippen LogP) is 33.0. The maximum absolute atomic E-state index is 2.48. The highest BCUT2D eigenvalue weighted by Gasteiger charge is 2.48. The van der Waals surface area contributed by atoms with Crippen molar-refractivity contribution in [3.05, 3.63) is 554 Å². The highest BCUT2D eigenvalue weighted by Crippen LogP contribution is 2.60. The van der Waals surface area contributed by atoms with Crippen LogP contribution in [-0.2, 0) is 10.8 Å². The molecule has 0 saturated heterocycles.